The van der Waals surface area contributed by atoms with Gasteiger partial charge in [0.05, 0.1) is 0 Å². The Hall–Kier alpha value is -0.590. The number of allylic oxidation sites excluding steroid dienone is 1. The minimum absolute atomic E-state index is 0.459. The van der Waals surface area contributed by atoms with Crippen molar-refractivity contribution >= 4 is 5.78 Å². The quantitative estimate of drug-likeness (QED) is 0.565. The molecule has 0 aromatic heterocycles. The van der Waals surface area contributed by atoms with Gasteiger partial charge in [-0.05, 0) is 91.3 Å². The third-order valence-corrected chi connectivity index (χ3v) is 9.56. The van der Waals surface area contributed by atoms with Crippen LogP contribution in [0.1, 0.15) is 78.6 Å². The van der Waals surface area contributed by atoms with Crippen LogP contribution in [0.25, 0.3) is 0 Å². The van der Waals surface area contributed by atoms with Gasteiger partial charge in [-0.2, -0.15) is 0 Å². The molecule has 24 heavy (non-hydrogen) atoms. The first-order chi connectivity index (χ1) is 11.4. The summed E-state index contributed by atoms with van der Waals surface area (Å²) in [5.74, 6) is 5.49. The summed E-state index contributed by atoms with van der Waals surface area (Å²) in [6, 6.07) is 0. The molecule has 0 radical (unpaired) electrons. The number of carbonyl (C=O) groups is 1. The van der Waals surface area contributed by atoms with Crippen molar-refractivity contribution in [3.05, 3.63) is 12.7 Å². The second-order valence-electron chi connectivity index (χ2n) is 10.2. The lowest BCUT2D eigenvalue weighted by atomic mass is 9.44. The summed E-state index contributed by atoms with van der Waals surface area (Å²) < 4.78 is 0. The van der Waals surface area contributed by atoms with E-state index in [9.17, 15) is 4.79 Å². The van der Waals surface area contributed by atoms with Gasteiger partial charge in [0.25, 0.3) is 0 Å². The summed E-state index contributed by atoms with van der Waals surface area (Å²) in [6.45, 7) is 11.7. The zero-order valence-electron chi connectivity index (χ0n) is 16.0. The minimum atomic E-state index is 0.459. The first-order valence-electron chi connectivity index (χ1n) is 10.5. The number of rotatable bonds is 2. The first-order valence-corrected chi connectivity index (χ1v) is 10.5. The number of hydrogen-bond donors (Lipinski definition) is 0. The van der Waals surface area contributed by atoms with E-state index in [2.05, 4.69) is 33.4 Å². The first kappa shape index (κ1) is 16.9. The topological polar surface area (TPSA) is 17.1 Å². The van der Waals surface area contributed by atoms with Crippen molar-refractivity contribution in [2.75, 3.05) is 0 Å². The molecule has 4 aliphatic rings. The molecule has 0 heterocycles. The highest BCUT2D eigenvalue weighted by Gasteiger charge is 2.60. The SMILES string of the molecule is C=CC(C)C1CC[C@H]2[C@@H]3CCC4CC(=O)CC[C@]4(C)[C@@H]3CC[C@]12C. The van der Waals surface area contributed by atoms with Crippen molar-refractivity contribution in [1.29, 1.82) is 0 Å². The second kappa shape index (κ2) is 5.71. The van der Waals surface area contributed by atoms with Gasteiger partial charge in [0.2, 0.25) is 0 Å². The average molecular weight is 329 g/mol. The van der Waals surface area contributed by atoms with Crippen LogP contribution in [0.3, 0.4) is 0 Å². The molecular formula is C23H36O. The van der Waals surface area contributed by atoms with Crippen LogP contribution < -0.4 is 0 Å². The molecule has 0 bridgehead atoms. The maximum absolute atomic E-state index is 12.0. The van der Waals surface area contributed by atoms with Gasteiger partial charge < -0.3 is 0 Å². The van der Waals surface area contributed by atoms with Crippen LogP contribution in [-0.4, -0.2) is 5.78 Å². The maximum Gasteiger partial charge on any atom is 0.133 e. The van der Waals surface area contributed by atoms with Crippen LogP contribution in [0.15, 0.2) is 12.7 Å². The molecule has 0 amide bonds. The fraction of sp³-hybridized carbons (Fsp3) is 0.870. The predicted octanol–water partition coefficient (Wildman–Crippen LogP) is 6.04. The van der Waals surface area contributed by atoms with Gasteiger partial charge in [-0.3, -0.25) is 4.79 Å². The van der Waals surface area contributed by atoms with Crippen molar-refractivity contribution in [3.63, 3.8) is 0 Å². The summed E-state index contributed by atoms with van der Waals surface area (Å²) in [5, 5.41) is 0. The van der Waals surface area contributed by atoms with E-state index in [0.29, 0.717) is 28.4 Å². The molecule has 4 saturated carbocycles. The summed E-state index contributed by atoms with van der Waals surface area (Å²) in [6.07, 6.45) is 13.5. The molecule has 1 nitrogen and oxygen atoms in total. The Morgan fingerprint density at radius 1 is 1.04 bits per heavy atom. The third kappa shape index (κ3) is 2.22. The highest BCUT2D eigenvalue weighted by atomic mass is 16.1. The number of ketones is 1. The van der Waals surface area contributed by atoms with Crippen LogP contribution in [0.2, 0.25) is 0 Å². The summed E-state index contributed by atoms with van der Waals surface area (Å²) >= 11 is 0. The molecule has 4 fully saturated rings. The Labute approximate surface area is 148 Å². The van der Waals surface area contributed by atoms with E-state index in [1.807, 2.05) is 0 Å². The molecule has 1 heteroatoms. The van der Waals surface area contributed by atoms with E-state index in [0.717, 1.165) is 36.5 Å². The molecule has 0 aromatic rings. The average Bonchev–Trinajstić information content (AvgIpc) is 2.92. The maximum atomic E-state index is 12.0. The predicted molar refractivity (Wildman–Crippen MR) is 99.6 cm³/mol. The van der Waals surface area contributed by atoms with Crippen LogP contribution in [0.4, 0.5) is 0 Å². The zero-order valence-corrected chi connectivity index (χ0v) is 16.0. The highest BCUT2D eigenvalue weighted by Crippen LogP contribution is 2.68. The van der Waals surface area contributed by atoms with Gasteiger partial charge >= 0.3 is 0 Å². The second-order valence-corrected chi connectivity index (χ2v) is 10.2. The van der Waals surface area contributed by atoms with E-state index in [4.69, 9.17) is 0 Å². The molecule has 0 N–H and O–H groups in total. The molecule has 134 valence electrons. The van der Waals surface area contributed by atoms with Crippen molar-refractivity contribution in [2.24, 2.45) is 46.3 Å². The van der Waals surface area contributed by atoms with Gasteiger partial charge in [0, 0.05) is 12.8 Å². The Bertz CT molecular complexity index is 536. The third-order valence-electron chi connectivity index (χ3n) is 9.56. The molecule has 0 saturated heterocycles. The highest BCUT2D eigenvalue weighted by molar-refractivity contribution is 5.79. The van der Waals surface area contributed by atoms with Crippen LogP contribution in [-0.2, 0) is 4.79 Å². The fourth-order valence-electron chi connectivity index (χ4n) is 8.11. The molecule has 4 aliphatic carbocycles. The fourth-order valence-corrected chi connectivity index (χ4v) is 8.11. The van der Waals surface area contributed by atoms with Crippen molar-refractivity contribution in [1.82, 2.24) is 0 Å². The van der Waals surface area contributed by atoms with Gasteiger partial charge in [-0.1, -0.05) is 26.8 Å². The molecule has 0 aromatic carbocycles. The van der Waals surface area contributed by atoms with Gasteiger partial charge in [-0.15, -0.1) is 6.58 Å². The van der Waals surface area contributed by atoms with E-state index in [1.54, 1.807) is 0 Å². The molecular weight excluding hydrogens is 292 g/mol. The van der Waals surface area contributed by atoms with Crippen LogP contribution in [0, 0.1) is 46.3 Å². The van der Waals surface area contributed by atoms with Crippen LogP contribution in [0.5, 0.6) is 0 Å². The van der Waals surface area contributed by atoms with E-state index >= 15 is 0 Å². The van der Waals surface area contributed by atoms with Crippen molar-refractivity contribution in [3.8, 4) is 0 Å². The number of fused-ring (bicyclic) bond motifs is 5. The number of carbonyl (C=O) groups excluding carboxylic acids is 1. The van der Waals surface area contributed by atoms with E-state index < -0.39 is 0 Å². The summed E-state index contributed by atoms with van der Waals surface area (Å²) in [5.41, 5.74) is 1.00. The Morgan fingerprint density at radius 3 is 2.54 bits per heavy atom. The normalized spacial score (nSPS) is 52.1. The van der Waals surface area contributed by atoms with Crippen LogP contribution >= 0.6 is 0 Å². The standard InChI is InChI=1S/C23H36O/c1-5-15(2)19-8-9-20-18-7-6-16-14-17(24)10-12-22(16,3)21(18)11-13-23(19,20)4/h5,15-16,18-21H,1,6-14H2,2-4H3/t15?,16?,18-,19?,20-,21+,22-,23+/m0/s1. The number of Topliss-reactive ketones (excluding diaryl/α,β-unsaturated/α-hetero) is 1. The summed E-state index contributed by atoms with van der Waals surface area (Å²) in [4.78, 5) is 12.0. The van der Waals surface area contributed by atoms with Gasteiger partial charge in [0.15, 0.2) is 0 Å². The molecule has 4 rings (SSSR count). The Morgan fingerprint density at radius 2 is 1.79 bits per heavy atom. The molecule has 3 unspecified atom stereocenters. The molecule has 0 spiro atoms. The lowest BCUT2D eigenvalue weighted by Crippen LogP contribution is -2.53. The van der Waals surface area contributed by atoms with Crippen molar-refractivity contribution < 1.29 is 4.79 Å². The lowest BCUT2D eigenvalue weighted by molar-refractivity contribution is -0.140. The Balaban J connectivity index is 1.61. The van der Waals surface area contributed by atoms with E-state index in [-0.39, 0.29) is 0 Å². The summed E-state index contributed by atoms with van der Waals surface area (Å²) in [7, 11) is 0. The largest absolute Gasteiger partial charge is 0.300 e. The Kier molecular flexibility index (Phi) is 4.01. The van der Waals surface area contributed by atoms with Gasteiger partial charge in [0.1, 0.15) is 5.78 Å². The van der Waals surface area contributed by atoms with Gasteiger partial charge in [-0.25, -0.2) is 0 Å². The molecule has 0 aliphatic heterocycles. The zero-order chi connectivity index (χ0) is 17.1. The van der Waals surface area contributed by atoms with Crippen molar-refractivity contribution in [2.45, 2.75) is 78.6 Å². The monoisotopic (exact) mass is 328 g/mol. The lowest BCUT2D eigenvalue weighted by Gasteiger charge is -2.60. The smallest absolute Gasteiger partial charge is 0.133 e. The number of hydrogen-bond acceptors (Lipinski definition) is 1. The van der Waals surface area contributed by atoms with E-state index in [1.165, 1.54) is 44.9 Å². The minimum Gasteiger partial charge on any atom is -0.300 e. The molecule has 8 atom stereocenters.